The number of amides is 2. The molecule has 5 nitrogen and oxygen atoms in total. The molecule has 0 radical (unpaired) electrons. The van der Waals surface area contributed by atoms with Crippen molar-refractivity contribution in [1.82, 2.24) is 4.90 Å². The first-order valence-corrected chi connectivity index (χ1v) is 6.80. The van der Waals surface area contributed by atoms with Crippen LogP contribution in [-0.2, 0) is 6.54 Å². The molecule has 2 aromatic rings. The highest BCUT2D eigenvalue weighted by atomic mass is 16.3. The van der Waals surface area contributed by atoms with Crippen LogP contribution in [0.2, 0.25) is 0 Å². The average Bonchev–Trinajstić information content (AvgIpc) is 2.80. The smallest absolute Gasteiger partial charge is 0.261 e. The molecule has 0 atom stereocenters. The van der Waals surface area contributed by atoms with Crippen molar-refractivity contribution >= 4 is 17.6 Å². The lowest BCUT2D eigenvalue weighted by Gasteiger charge is -2.14. The Bertz CT molecular complexity index is 729. The monoisotopic (exact) mass is 295 g/mol. The van der Waals surface area contributed by atoms with Gasteiger partial charge in [0.25, 0.3) is 11.8 Å². The molecule has 3 rings (SSSR count). The largest absolute Gasteiger partial charge is 0.388 e. The molecule has 1 N–H and O–H groups in total. The van der Waals surface area contributed by atoms with Gasteiger partial charge in [-0.3, -0.25) is 19.3 Å². The zero-order valence-corrected chi connectivity index (χ0v) is 11.7. The maximum absolute atomic E-state index is 12.3. The zero-order valence-electron chi connectivity index (χ0n) is 11.7. The number of fused-ring (bicyclic) bond motifs is 1. The van der Waals surface area contributed by atoms with E-state index in [-0.39, 0.29) is 24.1 Å². The molecule has 0 aliphatic carbocycles. The highest BCUT2D eigenvalue weighted by Crippen LogP contribution is 2.24. The highest BCUT2D eigenvalue weighted by Gasteiger charge is 2.34. The Kier molecular flexibility index (Phi) is 3.56. The van der Waals surface area contributed by atoms with Gasteiger partial charge in [0.15, 0.2) is 5.78 Å². The fraction of sp³-hybridized carbons (Fsp3) is 0.118. The van der Waals surface area contributed by atoms with Crippen LogP contribution in [0.4, 0.5) is 0 Å². The van der Waals surface area contributed by atoms with Crippen molar-refractivity contribution in [3.63, 3.8) is 0 Å². The van der Waals surface area contributed by atoms with Gasteiger partial charge in [0.2, 0.25) is 0 Å². The molecule has 0 fully saturated rings. The standard InChI is InChI=1S/C17H13NO4/c19-10-15(20)12-7-5-11(6-8-12)9-18-16(21)13-3-1-2-4-14(13)17(18)22/h1-8,19H,9-10H2. The summed E-state index contributed by atoms with van der Waals surface area (Å²) in [5.74, 6) is -0.987. The molecule has 22 heavy (non-hydrogen) atoms. The normalized spacial score (nSPS) is 13.4. The first kappa shape index (κ1) is 14.2. The molecule has 1 aliphatic heterocycles. The molecule has 0 unspecified atom stereocenters. The fourth-order valence-corrected chi connectivity index (χ4v) is 2.45. The maximum Gasteiger partial charge on any atom is 0.261 e. The van der Waals surface area contributed by atoms with Gasteiger partial charge in [0.1, 0.15) is 6.61 Å². The van der Waals surface area contributed by atoms with Gasteiger partial charge < -0.3 is 5.11 Å². The van der Waals surface area contributed by atoms with E-state index in [0.29, 0.717) is 16.7 Å². The SMILES string of the molecule is O=C(CO)c1ccc(CN2C(=O)c3ccccc3C2=O)cc1. The summed E-state index contributed by atoms with van der Waals surface area (Å²) in [7, 11) is 0. The number of aliphatic hydroxyl groups excluding tert-OH is 1. The number of carbonyl (C=O) groups is 3. The average molecular weight is 295 g/mol. The van der Waals surface area contributed by atoms with E-state index in [1.54, 1.807) is 48.5 Å². The highest BCUT2D eigenvalue weighted by molar-refractivity contribution is 6.21. The number of hydrogen-bond acceptors (Lipinski definition) is 4. The molecule has 1 heterocycles. The van der Waals surface area contributed by atoms with Crippen molar-refractivity contribution in [1.29, 1.82) is 0 Å². The van der Waals surface area contributed by atoms with E-state index < -0.39 is 6.61 Å². The first-order valence-electron chi connectivity index (χ1n) is 6.80. The van der Waals surface area contributed by atoms with Crippen LogP contribution in [0, 0.1) is 0 Å². The third-order valence-electron chi connectivity index (χ3n) is 3.64. The molecule has 0 aromatic heterocycles. The second-order valence-electron chi connectivity index (χ2n) is 5.02. The molecule has 2 amide bonds. The van der Waals surface area contributed by atoms with Crippen molar-refractivity contribution in [3.05, 3.63) is 70.8 Å². The molecule has 110 valence electrons. The number of ketones is 1. The second kappa shape index (κ2) is 5.54. The van der Waals surface area contributed by atoms with Gasteiger partial charge in [-0.05, 0) is 17.7 Å². The minimum absolute atomic E-state index is 0.153. The van der Waals surface area contributed by atoms with Crippen LogP contribution in [0.1, 0.15) is 36.6 Å². The van der Waals surface area contributed by atoms with Gasteiger partial charge in [-0.25, -0.2) is 0 Å². The Hall–Kier alpha value is -2.79. The molecular weight excluding hydrogens is 282 g/mol. The van der Waals surface area contributed by atoms with E-state index in [1.807, 2.05) is 0 Å². The maximum atomic E-state index is 12.3. The summed E-state index contributed by atoms with van der Waals surface area (Å²) in [6.45, 7) is -0.391. The predicted octanol–water partition coefficient (Wildman–Crippen LogP) is 1.66. The Morgan fingerprint density at radius 2 is 1.45 bits per heavy atom. The van der Waals surface area contributed by atoms with Crippen LogP contribution in [-0.4, -0.2) is 34.2 Å². The van der Waals surface area contributed by atoms with Crippen LogP contribution in [0.15, 0.2) is 48.5 Å². The summed E-state index contributed by atoms with van der Waals surface area (Å²) in [6.07, 6.45) is 0. The Balaban J connectivity index is 1.81. The zero-order chi connectivity index (χ0) is 15.7. The summed E-state index contributed by atoms with van der Waals surface area (Å²) >= 11 is 0. The van der Waals surface area contributed by atoms with Crippen molar-refractivity contribution < 1.29 is 19.5 Å². The number of Topliss-reactive ketones (excluding diaryl/α,β-unsaturated/α-hetero) is 1. The fourth-order valence-electron chi connectivity index (χ4n) is 2.45. The summed E-state index contributed by atoms with van der Waals surface area (Å²) < 4.78 is 0. The minimum Gasteiger partial charge on any atom is -0.388 e. The van der Waals surface area contributed by atoms with Gasteiger partial charge in [-0.1, -0.05) is 36.4 Å². The summed E-state index contributed by atoms with van der Waals surface area (Å²) in [4.78, 5) is 37.0. The lowest BCUT2D eigenvalue weighted by atomic mass is 10.1. The van der Waals surface area contributed by atoms with Crippen LogP contribution in [0.25, 0.3) is 0 Å². The van der Waals surface area contributed by atoms with E-state index in [1.165, 1.54) is 4.90 Å². The molecule has 0 saturated heterocycles. The summed E-state index contributed by atoms with van der Waals surface area (Å²) in [6, 6.07) is 13.2. The van der Waals surface area contributed by atoms with Gasteiger partial charge in [0.05, 0.1) is 17.7 Å². The van der Waals surface area contributed by atoms with E-state index in [0.717, 1.165) is 5.56 Å². The number of nitrogens with zero attached hydrogens (tertiary/aromatic N) is 1. The van der Waals surface area contributed by atoms with Crippen LogP contribution in [0.3, 0.4) is 0 Å². The van der Waals surface area contributed by atoms with E-state index in [4.69, 9.17) is 5.11 Å². The molecule has 0 bridgehead atoms. The van der Waals surface area contributed by atoms with Gasteiger partial charge in [0, 0.05) is 5.56 Å². The molecule has 0 spiro atoms. The van der Waals surface area contributed by atoms with Crippen LogP contribution in [0.5, 0.6) is 0 Å². The number of hydrogen-bond donors (Lipinski definition) is 1. The van der Waals surface area contributed by atoms with E-state index in [9.17, 15) is 14.4 Å². The van der Waals surface area contributed by atoms with Gasteiger partial charge in [-0.15, -0.1) is 0 Å². The van der Waals surface area contributed by atoms with Crippen LogP contribution >= 0.6 is 0 Å². The number of carbonyl (C=O) groups excluding carboxylic acids is 3. The third kappa shape index (κ3) is 2.31. The van der Waals surface area contributed by atoms with E-state index in [2.05, 4.69) is 0 Å². The Labute approximate surface area is 126 Å². The van der Waals surface area contributed by atoms with Gasteiger partial charge >= 0.3 is 0 Å². The van der Waals surface area contributed by atoms with Crippen molar-refractivity contribution in [2.24, 2.45) is 0 Å². The topological polar surface area (TPSA) is 74.7 Å². The number of rotatable bonds is 4. The second-order valence-corrected chi connectivity index (χ2v) is 5.02. The van der Waals surface area contributed by atoms with Gasteiger partial charge in [-0.2, -0.15) is 0 Å². The Morgan fingerprint density at radius 1 is 0.909 bits per heavy atom. The molecule has 1 aliphatic rings. The summed E-state index contributed by atoms with van der Waals surface area (Å²) in [5.41, 5.74) is 1.97. The summed E-state index contributed by atoms with van der Waals surface area (Å²) in [5, 5.41) is 8.81. The van der Waals surface area contributed by atoms with Crippen molar-refractivity contribution in [2.75, 3.05) is 6.61 Å². The number of aliphatic hydroxyl groups is 1. The van der Waals surface area contributed by atoms with Crippen molar-refractivity contribution in [3.8, 4) is 0 Å². The first-order chi connectivity index (χ1) is 10.6. The van der Waals surface area contributed by atoms with Crippen LogP contribution < -0.4 is 0 Å². The lowest BCUT2D eigenvalue weighted by Crippen LogP contribution is -2.29. The molecule has 0 saturated carbocycles. The predicted molar refractivity (Wildman–Crippen MR) is 78.5 cm³/mol. The molecular formula is C17H13NO4. The lowest BCUT2D eigenvalue weighted by molar-refractivity contribution is 0.0642. The minimum atomic E-state index is -0.544. The van der Waals surface area contributed by atoms with Crippen molar-refractivity contribution in [2.45, 2.75) is 6.54 Å². The molecule has 5 heteroatoms. The quantitative estimate of drug-likeness (QED) is 0.687. The van der Waals surface area contributed by atoms with E-state index >= 15 is 0 Å². The molecule has 2 aromatic carbocycles. The Morgan fingerprint density at radius 3 is 1.95 bits per heavy atom. The number of benzene rings is 2. The number of imide groups is 1. The third-order valence-corrected chi connectivity index (χ3v) is 3.64.